The molecule has 4 heterocycles. The highest BCUT2D eigenvalue weighted by molar-refractivity contribution is 5.91. The number of rotatable bonds is 4. The summed E-state index contributed by atoms with van der Waals surface area (Å²) in [5.41, 5.74) is 0.311. The lowest BCUT2D eigenvalue weighted by Gasteiger charge is -2.41. The van der Waals surface area contributed by atoms with Gasteiger partial charge in [-0.2, -0.15) is 0 Å². The monoisotopic (exact) mass is 399 g/mol. The van der Waals surface area contributed by atoms with E-state index in [0.717, 1.165) is 57.1 Å². The molecule has 1 aromatic rings. The number of hydrogen-bond donors (Lipinski definition) is 0. The number of carbonyl (C=O) groups is 1. The summed E-state index contributed by atoms with van der Waals surface area (Å²) in [5.74, 6) is 2.66. The molecule has 160 valence electrons. The van der Waals surface area contributed by atoms with Crippen LogP contribution in [0.5, 0.6) is 0 Å². The second-order valence-corrected chi connectivity index (χ2v) is 10.2. The van der Waals surface area contributed by atoms with E-state index in [0.29, 0.717) is 11.2 Å². The van der Waals surface area contributed by atoms with Gasteiger partial charge in [-0.1, -0.05) is 32.1 Å². The topological polar surface area (TPSA) is 54.3 Å². The predicted octanol–water partition coefficient (Wildman–Crippen LogP) is 3.51. The number of nitrogens with zero attached hydrogens (tertiary/aromatic N) is 5. The minimum atomic E-state index is 0.113. The highest BCUT2D eigenvalue weighted by Crippen LogP contribution is 2.40. The van der Waals surface area contributed by atoms with Crippen LogP contribution in [0.1, 0.15) is 87.1 Å². The Morgan fingerprint density at radius 3 is 2.72 bits per heavy atom. The van der Waals surface area contributed by atoms with Crippen LogP contribution in [-0.4, -0.2) is 63.2 Å². The maximum absolute atomic E-state index is 13.2. The Morgan fingerprint density at radius 2 is 1.83 bits per heavy atom. The molecular weight excluding hydrogens is 362 g/mol. The van der Waals surface area contributed by atoms with Crippen molar-refractivity contribution in [3.05, 3.63) is 11.6 Å². The molecule has 0 bridgehead atoms. The summed E-state index contributed by atoms with van der Waals surface area (Å²) in [4.78, 5) is 18.0. The van der Waals surface area contributed by atoms with Crippen LogP contribution in [0.4, 0.5) is 0 Å². The van der Waals surface area contributed by atoms with Crippen LogP contribution >= 0.6 is 0 Å². The summed E-state index contributed by atoms with van der Waals surface area (Å²) in [6, 6.07) is 0. The Balaban J connectivity index is 1.19. The SMILES string of the molecule is O=C(c1nnc2n1CCCC2)N1CCC2(CCCN(CCC3CCCCC3)C2)C1. The molecule has 1 atom stereocenters. The van der Waals surface area contributed by atoms with Crippen molar-refractivity contribution < 1.29 is 4.79 Å². The van der Waals surface area contributed by atoms with E-state index in [-0.39, 0.29) is 5.91 Å². The number of piperidine rings is 1. The van der Waals surface area contributed by atoms with Gasteiger partial charge in [-0.25, -0.2) is 0 Å². The lowest BCUT2D eigenvalue weighted by Crippen LogP contribution is -2.46. The van der Waals surface area contributed by atoms with E-state index in [4.69, 9.17) is 0 Å². The van der Waals surface area contributed by atoms with E-state index in [2.05, 4.69) is 24.6 Å². The van der Waals surface area contributed by atoms with Gasteiger partial charge in [-0.15, -0.1) is 10.2 Å². The van der Waals surface area contributed by atoms with E-state index in [1.165, 1.54) is 71.0 Å². The fraction of sp³-hybridized carbons (Fsp3) is 0.870. The Hall–Kier alpha value is -1.43. The second kappa shape index (κ2) is 8.37. The van der Waals surface area contributed by atoms with Crippen molar-refractivity contribution in [2.24, 2.45) is 11.3 Å². The quantitative estimate of drug-likeness (QED) is 0.777. The van der Waals surface area contributed by atoms with Crippen LogP contribution in [0.15, 0.2) is 0 Å². The third kappa shape index (κ3) is 4.10. The van der Waals surface area contributed by atoms with E-state index >= 15 is 0 Å². The molecule has 2 saturated heterocycles. The summed E-state index contributed by atoms with van der Waals surface area (Å²) in [6.07, 6.45) is 15.6. The fourth-order valence-electron chi connectivity index (χ4n) is 6.39. The largest absolute Gasteiger partial charge is 0.335 e. The molecule has 0 radical (unpaired) electrons. The van der Waals surface area contributed by atoms with E-state index in [1.807, 2.05) is 0 Å². The van der Waals surface area contributed by atoms with Crippen molar-refractivity contribution in [2.75, 3.05) is 32.7 Å². The lowest BCUT2D eigenvalue weighted by molar-refractivity contribution is 0.0660. The Kier molecular flexibility index (Phi) is 5.63. The van der Waals surface area contributed by atoms with Gasteiger partial charge < -0.3 is 14.4 Å². The van der Waals surface area contributed by atoms with Crippen LogP contribution in [-0.2, 0) is 13.0 Å². The average Bonchev–Trinajstić information content (AvgIpc) is 3.37. The second-order valence-electron chi connectivity index (χ2n) is 10.2. The van der Waals surface area contributed by atoms with Gasteiger partial charge in [0.2, 0.25) is 5.82 Å². The van der Waals surface area contributed by atoms with Gasteiger partial charge in [0.05, 0.1) is 0 Å². The van der Waals surface area contributed by atoms with Gasteiger partial charge >= 0.3 is 0 Å². The molecule has 29 heavy (non-hydrogen) atoms. The maximum atomic E-state index is 13.2. The van der Waals surface area contributed by atoms with Crippen LogP contribution in [0.3, 0.4) is 0 Å². The molecule has 1 aliphatic carbocycles. The number of carbonyl (C=O) groups excluding carboxylic acids is 1. The molecule has 1 aromatic heterocycles. The van der Waals surface area contributed by atoms with Crippen LogP contribution < -0.4 is 0 Å². The van der Waals surface area contributed by atoms with Gasteiger partial charge in [-0.3, -0.25) is 4.79 Å². The van der Waals surface area contributed by atoms with Gasteiger partial charge in [0.25, 0.3) is 5.91 Å². The maximum Gasteiger partial charge on any atom is 0.291 e. The number of hydrogen-bond acceptors (Lipinski definition) is 4. The number of likely N-dealkylation sites (tertiary alicyclic amines) is 2. The summed E-state index contributed by atoms with van der Waals surface area (Å²) in [7, 11) is 0. The third-order valence-corrected chi connectivity index (χ3v) is 8.10. The molecule has 1 spiro atoms. The van der Waals surface area contributed by atoms with E-state index in [1.54, 1.807) is 0 Å². The van der Waals surface area contributed by atoms with Crippen LogP contribution in [0.25, 0.3) is 0 Å². The zero-order valence-corrected chi connectivity index (χ0v) is 17.9. The van der Waals surface area contributed by atoms with Crippen molar-refractivity contribution in [1.29, 1.82) is 0 Å². The first-order chi connectivity index (χ1) is 14.2. The molecule has 0 aromatic carbocycles. The van der Waals surface area contributed by atoms with E-state index < -0.39 is 0 Å². The van der Waals surface area contributed by atoms with Gasteiger partial charge in [-0.05, 0) is 57.5 Å². The zero-order valence-electron chi connectivity index (χ0n) is 17.9. The molecule has 4 aliphatic rings. The number of aromatic nitrogens is 3. The normalized spacial score (nSPS) is 28.8. The molecular formula is C23H37N5O. The van der Waals surface area contributed by atoms with Crippen LogP contribution in [0, 0.1) is 11.3 Å². The molecule has 3 fully saturated rings. The smallest absolute Gasteiger partial charge is 0.291 e. The summed E-state index contributed by atoms with van der Waals surface area (Å²) < 4.78 is 2.08. The number of fused-ring (bicyclic) bond motifs is 1. The first-order valence-electron chi connectivity index (χ1n) is 12.2. The Morgan fingerprint density at radius 1 is 0.931 bits per heavy atom. The molecule has 6 nitrogen and oxygen atoms in total. The van der Waals surface area contributed by atoms with Crippen molar-refractivity contribution in [2.45, 2.75) is 83.6 Å². The summed E-state index contributed by atoms with van der Waals surface area (Å²) >= 11 is 0. The van der Waals surface area contributed by atoms with Crippen molar-refractivity contribution in [3.63, 3.8) is 0 Å². The molecule has 1 saturated carbocycles. The van der Waals surface area contributed by atoms with Crippen molar-refractivity contribution in [1.82, 2.24) is 24.6 Å². The molecule has 1 unspecified atom stereocenters. The standard InChI is InChI=1S/C23H37N5O/c29-22(21-25-24-20-9-4-5-14-28(20)21)27-16-12-23(18-27)11-6-13-26(17-23)15-10-19-7-2-1-3-8-19/h19H,1-18H2. The highest BCUT2D eigenvalue weighted by Gasteiger charge is 2.43. The first kappa shape index (κ1) is 19.5. The van der Waals surface area contributed by atoms with Crippen molar-refractivity contribution in [3.8, 4) is 0 Å². The zero-order chi connectivity index (χ0) is 19.7. The average molecular weight is 400 g/mol. The minimum Gasteiger partial charge on any atom is -0.335 e. The van der Waals surface area contributed by atoms with Gasteiger partial charge in [0.1, 0.15) is 5.82 Å². The molecule has 3 aliphatic heterocycles. The summed E-state index contributed by atoms with van der Waals surface area (Å²) in [5, 5.41) is 8.57. The predicted molar refractivity (Wildman–Crippen MR) is 113 cm³/mol. The fourth-order valence-corrected chi connectivity index (χ4v) is 6.39. The Labute approximate surface area is 175 Å². The molecule has 1 amide bonds. The first-order valence-corrected chi connectivity index (χ1v) is 12.2. The van der Waals surface area contributed by atoms with Gasteiger partial charge in [0, 0.05) is 38.0 Å². The minimum absolute atomic E-state index is 0.113. The molecule has 5 rings (SSSR count). The highest BCUT2D eigenvalue weighted by atomic mass is 16.2. The van der Waals surface area contributed by atoms with Gasteiger partial charge in [0.15, 0.2) is 0 Å². The molecule has 0 N–H and O–H groups in total. The summed E-state index contributed by atoms with van der Waals surface area (Å²) in [6.45, 7) is 6.39. The van der Waals surface area contributed by atoms with Crippen LogP contribution in [0.2, 0.25) is 0 Å². The van der Waals surface area contributed by atoms with Crippen molar-refractivity contribution >= 4 is 5.91 Å². The third-order valence-electron chi connectivity index (χ3n) is 8.10. The number of aryl methyl sites for hydroxylation is 1. The Bertz CT molecular complexity index is 725. The molecule has 6 heteroatoms. The number of amides is 1. The van der Waals surface area contributed by atoms with E-state index in [9.17, 15) is 4.79 Å². The lowest BCUT2D eigenvalue weighted by atomic mass is 9.79.